The van der Waals surface area contributed by atoms with Crippen molar-refractivity contribution in [1.82, 2.24) is 9.71 Å². The van der Waals surface area contributed by atoms with Crippen molar-refractivity contribution >= 4 is 33.3 Å². The molecule has 0 fully saturated rings. The highest BCUT2D eigenvalue weighted by molar-refractivity contribution is 7.89. The van der Waals surface area contributed by atoms with E-state index in [1.807, 2.05) is 0 Å². The van der Waals surface area contributed by atoms with Crippen molar-refractivity contribution in [2.75, 3.05) is 6.26 Å². The minimum absolute atomic E-state index is 0.119. The zero-order valence-corrected chi connectivity index (χ0v) is 13.0. The molecule has 0 radical (unpaired) electrons. The topological polar surface area (TPSA) is 133 Å². The van der Waals surface area contributed by atoms with Crippen molar-refractivity contribution < 1.29 is 32.3 Å². The Morgan fingerprint density at radius 3 is 2.52 bits per heavy atom. The molecule has 2 rings (SSSR count). The maximum Gasteiger partial charge on any atom is 0.377 e. The predicted molar refractivity (Wildman–Crippen MR) is 76.8 cm³/mol. The van der Waals surface area contributed by atoms with Crippen LogP contribution in [0.4, 0.5) is 4.39 Å². The van der Waals surface area contributed by atoms with Gasteiger partial charge in [0.15, 0.2) is 0 Å². The minimum atomic E-state index is -3.84. The van der Waals surface area contributed by atoms with Gasteiger partial charge in [-0.05, 0) is 6.92 Å². The first-order chi connectivity index (χ1) is 10.4. The molecule has 1 aliphatic rings. The van der Waals surface area contributed by atoms with E-state index in [9.17, 15) is 27.2 Å². The molecule has 1 atom stereocenters. The first-order valence-corrected chi connectivity index (χ1v) is 8.24. The van der Waals surface area contributed by atoms with E-state index in [2.05, 4.69) is 4.98 Å². The number of carbonyl (C=O) groups excluding carboxylic acids is 2. The summed E-state index contributed by atoms with van der Waals surface area (Å²) in [6.45, 7) is 1.14. The molecule has 1 aliphatic carbocycles. The van der Waals surface area contributed by atoms with Crippen LogP contribution in [0.5, 0.6) is 0 Å². The van der Waals surface area contributed by atoms with Gasteiger partial charge in [0.1, 0.15) is 5.67 Å². The van der Waals surface area contributed by atoms with E-state index in [-0.39, 0.29) is 23.3 Å². The van der Waals surface area contributed by atoms with E-state index in [0.717, 1.165) is 19.4 Å². The van der Waals surface area contributed by atoms with Crippen LogP contribution in [0.1, 0.15) is 35.0 Å². The van der Waals surface area contributed by atoms with Gasteiger partial charge in [0, 0.05) is 18.2 Å². The Balaban J connectivity index is 2.56. The molecule has 0 aromatic carbocycles. The largest absolute Gasteiger partial charge is 0.475 e. The molecule has 0 aliphatic heterocycles. The van der Waals surface area contributed by atoms with Gasteiger partial charge in [0.25, 0.3) is 11.7 Å². The van der Waals surface area contributed by atoms with Gasteiger partial charge >= 0.3 is 5.97 Å². The number of rotatable bonds is 4. The second-order valence-corrected chi connectivity index (χ2v) is 7.06. The van der Waals surface area contributed by atoms with Crippen LogP contribution in [-0.4, -0.2) is 42.4 Å². The normalized spacial score (nSPS) is 20.4. The number of hydrogen-bond donors (Lipinski definition) is 3. The van der Waals surface area contributed by atoms with Gasteiger partial charge in [0.05, 0.1) is 23.1 Å². The molecule has 0 saturated heterocycles. The van der Waals surface area contributed by atoms with Gasteiger partial charge in [-0.2, -0.15) is 0 Å². The number of ketones is 1. The van der Waals surface area contributed by atoms with Crippen LogP contribution in [0.2, 0.25) is 0 Å². The Labute approximate surface area is 130 Å². The molecular weight excluding hydrogens is 331 g/mol. The van der Waals surface area contributed by atoms with Gasteiger partial charge in [-0.25, -0.2) is 22.3 Å². The summed E-state index contributed by atoms with van der Waals surface area (Å²) < 4.78 is 38.7. The minimum Gasteiger partial charge on any atom is -0.475 e. The number of aliphatic carboxylic acids is 1. The summed E-state index contributed by atoms with van der Waals surface area (Å²) in [5.41, 5.74) is -3.05. The smallest absolute Gasteiger partial charge is 0.377 e. The van der Waals surface area contributed by atoms with Crippen molar-refractivity contribution in [3.8, 4) is 0 Å². The first kappa shape index (κ1) is 16.9. The maximum atomic E-state index is 14.7. The van der Waals surface area contributed by atoms with E-state index >= 15 is 0 Å². The number of carboxylic acid groups (broad SMARTS) is 1. The van der Waals surface area contributed by atoms with Crippen molar-refractivity contribution in [1.29, 1.82) is 0 Å². The highest BCUT2D eigenvalue weighted by atomic mass is 32.2. The van der Waals surface area contributed by atoms with Crippen LogP contribution in [0.3, 0.4) is 0 Å². The standard InChI is InChI=1S/C13H13FN2O6S/c1-13(14)4-3-6(11(18)16-23(2,21)22)9-8(13)7(5-15-9)10(17)12(19)20/h3,5,15H,4H2,1-2H3,(H,16,18)(H,19,20). The number of carboxylic acids is 1. The molecule has 1 aromatic heterocycles. The second kappa shape index (κ2) is 5.30. The highest BCUT2D eigenvalue weighted by Crippen LogP contribution is 2.42. The average Bonchev–Trinajstić information content (AvgIpc) is 2.81. The van der Waals surface area contributed by atoms with E-state index in [1.165, 1.54) is 6.08 Å². The molecule has 1 aromatic rings. The van der Waals surface area contributed by atoms with Crippen LogP contribution in [0, 0.1) is 0 Å². The van der Waals surface area contributed by atoms with Crippen molar-refractivity contribution in [3.63, 3.8) is 0 Å². The number of allylic oxidation sites excluding steroid dienone is 1. The Bertz CT molecular complexity index is 850. The molecule has 1 unspecified atom stereocenters. The third-order valence-corrected chi connectivity index (χ3v) is 3.88. The number of hydrogen-bond acceptors (Lipinski definition) is 5. The van der Waals surface area contributed by atoms with Crippen molar-refractivity contribution in [2.45, 2.75) is 19.0 Å². The van der Waals surface area contributed by atoms with Gasteiger partial charge in [0.2, 0.25) is 10.0 Å². The number of alkyl halides is 1. The Kier molecular flexibility index (Phi) is 3.89. The number of aromatic nitrogens is 1. The second-order valence-electron chi connectivity index (χ2n) is 5.31. The molecule has 3 N–H and O–H groups in total. The average molecular weight is 344 g/mol. The highest BCUT2D eigenvalue weighted by Gasteiger charge is 2.40. The first-order valence-electron chi connectivity index (χ1n) is 6.35. The van der Waals surface area contributed by atoms with Gasteiger partial charge in [-0.1, -0.05) is 6.08 Å². The zero-order chi connectivity index (χ0) is 17.6. The van der Waals surface area contributed by atoms with Crippen LogP contribution < -0.4 is 4.72 Å². The summed E-state index contributed by atoms with van der Waals surface area (Å²) in [5.74, 6) is -4.09. The molecule has 0 saturated carbocycles. The number of H-pyrrole nitrogens is 1. The molecule has 1 amide bonds. The lowest BCUT2D eigenvalue weighted by Crippen LogP contribution is -2.33. The van der Waals surface area contributed by atoms with E-state index in [0.29, 0.717) is 0 Å². The number of amides is 1. The molecule has 0 spiro atoms. The summed E-state index contributed by atoms with van der Waals surface area (Å²) in [5, 5.41) is 8.79. The Hall–Kier alpha value is -2.49. The SMILES string of the molecule is CC1(F)CC=C(C(=O)NS(C)(=O)=O)c2[nH]cc(C(=O)C(=O)O)c21. The van der Waals surface area contributed by atoms with Crippen LogP contribution in [0.15, 0.2) is 12.3 Å². The number of nitrogens with one attached hydrogen (secondary N) is 2. The van der Waals surface area contributed by atoms with Crippen molar-refractivity contribution in [2.24, 2.45) is 0 Å². The van der Waals surface area contributed by atoms with E-state index < -0.39 is 38.9 Å². The number of Topliss-reactive ketones (excluding diaryl/α,β-unsaturated/α-hetero) is 1. The Morgan fingerprint density at radius 2 is 2.00 bits per heavy atom. The van der Waals surface area contributed by atoms with Crippen LogP contribution >= 0.6 is 0 Å². The summed E-state index contributed by atoms with van der Waals surface area (Å²) in [6.07, 6.45) is 2.65. The lowest BCUT2D eigenvalue weighted by atomic mass is 9.83. The van der Waals surface area contributed by atoms with Crippen LogP contribution in [0.25, 0.3) is 5.57 Å². The van der Waals surface area contributed by atoms with E-state index in [4.69, 9.17) is 5.11 Å². The molecule has 0 bridgehead atoms. The predicted octanol–water partition coefficient (Wildman–Crippen LogP) is 0.330. The molecule has 124 valence electrons. The third-order valence-electron chi connectivity index (χ3n) is 3.32. The molecule has 23 heavy (non-hydrogen) atoms. The number of sulfonamides is 1. The maximum absolute atomic E-state index is 14.7. The van der Waals surface area contributed by atoms with Gasteiger partial charge in [-0.15, -0.1) is 0 Å². The van der Waals surface area contributed by atoms with Gasteiger partial charge < -0.3 is 10.1 Å². The Morgan fingerprint density at radius 1 is 1.39 bits per heavy atom. The molecule has 1 heterocycles. The summed E-state index contributed by atoms with van der Waals surface area (Å²) >= 11 is 0. The molecular formula is C13H13FN2O6S. The van der Waals surface area contributed by atoms with Crippen LogP contribution in [-0.2, 0) is 25.3 Å². The summed E-state index contributed by atoms with van der Waals surface area (Å²) in [4.78, 5) is 37.0. The molecule has 8 nitrogen and oxygen atoms in total. The lowest BCUT2D eigenvalue weighted by molar-refractivity contribution is -0.131. The number of halogens is 1. The van der Waals surface area contributed by atoms with E-state index in [1.54, 1.807) is 4.72 Å². The fourth-order valence-corrected chi connectivity index (χ4v) is 2.85. The number of fused-ring (bicyclic) bond motifs is 1. The molecule has 10 heteroatoms. The van der Waals surface area contributed by atoms with Gasteiger partial charge in [-0.3, -0.25) is 9.59 Å². The summed E-state index contributed by atoms with van der Waals surface area (Å²) in [6, 6.07) is 0. The summed E-state index contributed by atoms with van der Waals surface area (Å²) in [7, 11) is -3.84. The number of aromatic amines is 1. The zero-order valence-electron chi connectivity index (χ0n) is 12.1. The lowest BCUT2D eigenvalue weighted by Gasteiger charge is -2.26. The van der Waals surface area contributed by atoms with Crippen molar-refractivity contribution in [3.05, 3.63) is 29.1 Å². The monoisotopic (exact) mass is 344 g/mol. The quantitative estimate of drug-likeness (QED) is 0.532. The fourth-order valence-electron chi connectivity index (χ4n) is 2.40. The third kappa shape index (κ3) is 3.16. The fraction of sp³-hybridized carbons (Fsp3) is 0.308. The number of carbonyl (C=O) groups is 3.